The fraction of sp³-hybridized carbons (Fsp3) is 0.0952. The molecule has 2 N–H and O–H groups in total. The fourth-order valence-corrected chi connectivity index (χ4v) is 3.52. The predicted molar refractivity (Wildman–Crippen MR) is 104 cm³/mol. The molecular formula is C21H16ClF2N3. The predicted octanol–water partition coefficient (Wildman–Crippen LogP) is 5.37. The van der Waals surface area contributed by atoms with Gasteiger partial charge in [0.1, 0.15) is 5.65 Å². The molecule has 0 spiro atoms. The molecule has 0 amide bonds. The molecular weight excluding hydrogens is 368 g/mol. The molecule has 0 fully saturated rings. The van der Waals surface area contributed by atoms with E-state index in [4.69, 9.17) is 17.3 Å². The van der Waals surface area contributed by atoms with E-state index in [1.807, 2.05) is 41.8 Å². The van der Waals surface area contributed by atoms with Gasteiger partial charge in [0.25, 0.3) is 0 Å². The summed E-state index contributed by atoms with van der Waals surface area (Å²) in [6, 6.07) is 11.5. The monoisotopic (exact) mass is 383 g/mol. The molecule has 4 rings (SSSR count). The van der Waals surface area contributed by atoms with Gasteiger partial charge in [-0.2, -0.15) is 0 Å². The van der Waals surface area contributed by atoms with Crippen LogP contribution in [0.3, 0.4) is 0 Å². The quantitative estimate of drug-likeness (QED) is 0.517. The van der Waals surface area contributed by atoms with Crippen LogP contribution in [0.2, 0.25) is 5.02 Å². The first-order valence-corrected chi connectivity index (χ1v) is 8.77. The molecule has 0 aliphatic heterocycles. The van der Waals surface area contributed by atoms with E-state index in [9.17, 15) is 8.78 Å². The van der Waals surface area contributed by atoms with Gasteiger partial charge in [-0.15, -0.1) is 0 Å². The normalized spacial score (nSPS) is 11.3. The summed E-state index contributed by atoms with van der Waals surface area (Å²) < 4.78 is 28.8. The average molecular weight is 384 g/mol. The second-order valence-corrected chi connectivity index (χ2v) is 6.81. The number of pyridine rings is 1. The van der Waals surface area contributed by atoms with Crippen molar-refractivity contribution in [1.29, 1.82) is 0 Å². The van der Waals surface area contributed by atoms with E-state index in [-0.39, 0.29) is 0 Å². The van der Waals surface area contributed by atoms with Crippen LogP contribution in [0.5, 0.6) is 0 Å². The highest BCUT2D eigenvalue weighted by atomic mass is 35.5. The van der Waals surface area contributed by atoms with Crippen LogP contribution >= 0.6 is 11.6 Å². The third-order valence-electron chi connectivity index (χ3n) is 4.58. The minimum Gasteiger partial charge on any atom is -0.326 e. The molecule has 2 aromatic carbocycles. The standard InChI is InChI=1S/C21H16ClF2N3/c1-12-2-4-15(17(22)6-12)16-11-27-20(10-26-21(27)8-14(16)9-25)13-3-5-18(23)19(24)7-13/h2-8,10-11H,9,25H2,1H3. The number of hydrogen-bond donors (Lipinski definition) is 1. The molecule has 4 aromatic rings. The molecule has 0 bridgehead atoms. The molecule has 2 heterocycles. The van der Waals surface area contributed by atoms with E-state index >= 15 is 0 Å². The summed E-state index contributed by atoms with van der Waals surface area (Å²) in [7, 11) is 0. The number of aryl methyl sites for hydroxylation is 1. The summed E-state index contributed by atoms with van der Waals surface area (Å²) in [6.45, 7) is 2.29. The Bertz CT molecular complexity index is 1170. The molecule has 3 nitrogen and oxygen atoms in total. The molecule has 0 saturated carbocycles. The summed E-state index contributed by atoms with van der Waals surface area (Å²) in [4.78, 5) is 4.39. The van der Waals surface area contributed by atoms with E-state index < -0.39 is 11.6 Å². The number of hydrogen-bond acceptors (Lipinski definition) is 2. The fourth-order valence-electron chi connectivity index (χ4n) is 3.18. The van der Waals surface area contributed by atoms with Crippen molar-refractivity contribution in [1.82, 2.24) is 9.38 Å². The maximum atomic E-state index is 13.7. The van der Waals surface area contributed by atoms with Crippen molar-refractivity contribution in [2.24, 2.45) is 5.73 Å². The highest BCUT2D eigenvalue weighted by molar-refractivity contribution is 6.33. The number of nitrogens with two attached hydrogens (primary N) is 1. The smallest absolute Gasteiger partial charge is 0.159 e. The van der Waals surface area contributed by atoms with Crippen LogP contribution in [-0.4, -0.2) is 9.38 Å². The maximum absolute atomic E-state index is 13.7. The molecule has 2 aromatic heterocycles. The van der Waals surface area contributed by atoms with Crippen LogP contribution in [0.4, 0.5) is 8.78 Å². The molecule has 0 aliphatic rings. The van der Waals surface area contributed by atoms with Gasteiger partial charge < -0.3 is 5.73 Å². The van der Waals surface area contributed by atoms with E-state index in [0.717, 1.165) is 34.4 Å². The van der Waals surface area contributed by atoms with Gasteiger partial charge in [0.2, 0.25) is 0 Å². The number of halogens is 3. The lowest BCUT2D eigenvalue weighted by Crippen LogP contribution is -2.02. The first kappa shape index (κ1) is 17.6. The first-order chi connectivity index (χ1) is 13.0. The Kier molecular flexibility index (Phi) is 4.42. The Labute approximate surface area is 160 Å². The zero-order chi connectivity index (χ0) is 19.1. The van der Waals surface area contributed by atoms with Crippen molar-refractivity contribution >= 4 is 17.2 Å². The molecule has 136 valence electrons. The molecule has 0 unspecified atom stereocenters. The van der Waals surface area contributed by atoms with Crippen LogP contribution in [0, 0.1) is 18.6 Å². The van der Waals surface area contributed by atoms with Crippen LogP contribution in [0.15, 0.2) is 54.9 Å². The molecule has 6 heteroatoms. The number of nitrogens with zero attached hydrogens (tertiary/aromatic N) is 2. The number of aromatic nitrogens is 2. The summed E-state index contributed by atoms with van der Waals surface area (Å²) in [5.74, 6) is -1.78. The first-order valence-electron chi connectivity index (χ1n) is 8.40. The highest BCUT2D eigenvalue weighted by Gasteiger charge is 2.14. The van der Waals surface area contributed by atoms with Gasteiger partial charge in [0.05, 0.1) is 11.9 Å². The Morgan fingerprint density at radius 3 is 2.56 bits per heavy atom. The second kappa shape index (κ2) is 6.76. The Morgan fingerprint density at radius 1 is 1.04 bits per heavy atom. The zero-order valence-electron chi connectivity index (χ0n) is 14.5. The van der Waals surface area contributed by atoms with Crippen LogP contribution in [-0.2, 0) is 6.54 Å². The van der Waals surface area contributed by atoms with Gasteiger partial charge in [0.15, 0.2) is 11.6 Å². The SMILES string of the molecule is Cc1ccc(-c2cn3c(-c4ccc(F)c(F)c4)cnc3cc2CN)c(Cl)c1. The number of benzene rings is 2. The van der Waals surface area contributed by atoms with Crippen molar-refractivity contribution in [2.75, 3.05) is 0 Å². The van der Waals surface area contributed by atoms with Gasteiger partial charge in [0, 0.05) is 34.5 Å². The van der Waals surface area contributed by atoms with Crippen molar-refractivity contribution in [3.05, 3.63) is 82.6 Å². The van der Waals surface area contributed by atoms with Gasteiger partial charge in [-0.25, -0.2) is 13.8 Å². The Hall–Kier alpha value is -2.76. The minimum atomic E-state index is -0.900. The molecule has 27 heavy (non-hydrogen) atoms. The number of imidazole rings is 1. The third kappa shape index (κ3) is 3.09. The number of fused-ring (bicyclic) bond motifs is 1. The van der Waals surface area contributed by atoms with Crippen molar-refractivity contribution < 1.29 is 8.78 Å². The lowest BCUT2D eigenvalue weighted by molar-refractivity contribution is 0.509. The Morgan fingerprint density at radius 2 is 1.85 bits per heavy atom. The van der Waals surface area contributed by atoms with E-state index in [1.54, 1.807) is 6.20 Å². The van der Waals surface area contributed by atoms with Crippen molar-refractivity contribution in [2.45, 2.75) is 13.5 Å². The summed E-state index contributed by atoms with van der Waals surface area (Å²) in [5, 5.41) is 0.624. The molecule has 0 aliphatic carbocycles. The van der Waals surface area contributed by atoms with Crippen molar-refractivity contribution in [3.63, 3.8) is 0 Å². The third-order valence-corrected chi connectivity index (χ3v) is 4.90. The van der Waals surface area contributed by atoms with E-state index in [2.05, 4.69) is 4.98 Å². The van der Waals surface area contributed by atoms with Gasteiger partial charge in [-0.3, -0.25) is 4.40 Å². The average Bonchev–Trinajstić information content (AvgIpc) is 3.06. The topological polar surface area (TPSA) is 43.3 Å². The summed E-state index contributed by atoms with van der Waals surface area (Å²) in [6.07, 6.45) is 3.51. The van der Waals surface area contributed by atoms with Gasteiger partial charge in [-0.05, 0) is 48.4 Å². The highest BCUT2D eigenvalue weighted by Crippen LogP contribution is 2.33. The number of rotatable bonds is 3. The van der Waals surface area contributed by atoms with E-state index in [1.165, 1.54) is 6.07 Å². The summed E-state index contributed by atoms with van der Waals surface area (Å²) in [5.41, 5.74) is 11.5. The lowest BCUT2D eigenvalue weighted by atomic mass is 10.0. The molecule has 0 saturated heterocycles. The Balaban J connectivity index is 1.96. The molecule has 0 atom stereocenters. The minimum absolute atomic E-state index is 0.323. The molecule has 0 radical (unpaired) electrons. The lowest BCUT2D eigenvalue weighted by Gasteiger charge is -2.13. The van der Waals surface area contributed by atoms with Gasteiger partial charge in [-0.1, -0.05) is 23.7 Å². The zero-order valence-corrected chi connectivity index (χ0v) is 15.3. The van der Waals surface area contributed by atoms with Gasteiger partial charge >= 0.3 is 0 Å². The maximum Gasteiger partial charge on any atom is 0.159 e. The van der Waals surface area contributed by atoms with Crippen LogP contribution in [0.25, 0.3) is 28.0 Å². The van der Waals surface area contributed by atoms with Crippen molar-refractivity contribution in [3.8, 4) is 22.4 Å². The second-order valence-electron chi connectivity index (χ2n) is 6.40. The van der Waals surface area contributed by atoms with Crippen LogP contribution in [0.1, 0.15) is 11.1 Å². The van der Waals surface area contributed by atoms with E-state index in [0.29, 0.717) is 28.5 Å². The summed E-state index contributed by atoms with van der Waals surface area (Å²) >= 11 is 6.46. The van der Waals surface area contributed by atoms with Crippen LogP contribution < -0.4 is 5.73 Å². The largest absolute Gasteiger partial charge is 0.326 e.